The average molecular weight is 452 g/mol. The van der Waals surface area contributed by atoms with Crippen LogP contribution in [0.1, 0.15) is 48.8 Å². The van der Waals surface area contributed by atoms with Gasteiger partial charge >= 0.3 is 12.0 Å². The Kier molecular flexibility index (Phi) is 6.67. The topological polar surface area (TPSA) is 106 Å². The number of allylic oxidation sites excluding steroid dienone is 3. The number of hydrogen-bond acceptors (Lipinski definition) is 7. The van der Waals surface area contributed by atoms with E-state index in [4.69, 9.17) is 9.15 Å². The summed E-state index contributed by atoms with van der Waals surface area (Å²) < 4.78 is 24.3. The molecule has 172 valence electrons. The summed E-state index contributed by atoms with van der Waals surface area (Å²) in [6.07, 6.45) is 13.3. The number of anilines is 1. The Balaban J connectivity index is 1.35. The third-order valence-corrected chi connectivity index (χ3v) is 5.79. The van der Waals surface area contributed by atoms with Crippen molar-refractivity contribution in [2.24, 2.45) is 0 Å². The fourth-order valence-electron chi connectivity index (χ4n) is 3.88. The van der Waals surface area contributed by atoms with E-state index in [1.54, 1.807) is 37.4 Å². The molecule has 0 unspecified atom stereocenters. The zero-order valence-corrected chi connectivity index (χ0v) is 18.3. The molecule has 1 amide bonds. The van der Waals surface area contributed by atoms with Gasteiger partial charge < -0.3 is 14.5 Å². The van der Waals surface area contributed by atoms with Gasteiger partial charge in [0.2, 0.25) is 0 Å². The minimum absolute atomic E-state index is 0.0139. The summed E-state index contributed by atoms with van der Waals surface area (Å²) >= 11 is 0. The Bertz CT molecular complexity index is 1130. The van der Waals surface area contributed by atoms with Gasteiger partial charge in [0.25, 0.3) is 5.91 Å². The predicted octanol–water partition coefficient (Wildman–Crippen LogP) is 3.81. The summed E-state index contributed by atoms with van der Waals surface area (Å²) in [5.41, 5.74) is 1.44. The maximum absolute atomic E-state index is 14.3. The van der Waals surface area contributed by atoms with Crippen LogP contribution in [0.15, 0.2) is 64.6 Å². The minimum Gasteiger partial charge on any atom is -0.461 e. The van der Waals surface area contributed by atoms with Gasteiger partial charge in [-0.05, 0) is 50.5 Å². The highest BCUT2D eigenvalue weighted by atomic mass is 19.1. The molecule has 2 aliphatic rings. The summed E-state index contributed by atoms with van der Waals surface area (Å²) in [6.45, 7) is 2.46. The molecule has 2 heterocycles. The first kappa shape index (κ1) is 22.4. The van der Waals surface area contributed by atoms with Crippen molar-refractivity contribution in [2.45, 2.75) is 38.0 Å². The summed E-state index contributed by atoms with van der Waals surface area (Å²) in [5.74, 6) is -1.31. The smallest absolute Gasteiger partial charge is 0.360 e. The maximum atomic E-state index is 14.3. The zero-order valence-electron chi connectivity index (χ0n) is 18.3. The number of halogens is 1. The second-order valence-corrected chi connectivity index (χ2v) is 7.92. The van der Waals surface area contributed by atoms with Crippen LogP contribution in [-0.2, 0) is 14.9 Å². The Labute approximate surface area is 190 Å². The normalized spacial score (nSPS) is 16.7. The average Bonchev–Trinajstić information content (AvgIpc) is 3.11. The molecule has 9 heteroatoms. The molecule has 2 aromatic heterocycles. The van der Waals surface area contributed by atoms with Gasteiger partial charge in [-0.2, -0.15) is 4.98 Å². The van der Waals surface area contributed by atoms with Gasteiger partial charge in [-0.3, -0.25) is 15.1 Å². The zero-order chi connectivity index (χ0) is 23.3. The van der Waals surface area contributed by atoms with Gasteiger partial charge in [0.15, 0.2) is 5.69 Å². The van der Waals surface area contributed by atoms with Gasteiger partial charge in [0, 0.05) is 29.4 Å². The lowest BCUT2D eigenvalue weighted by atomic mass is 9.66. The Morgan fingerprint density at radius 3 is 2.85 bits per heavy atom. The standard InChI is InChI=1S/C24H25FN4O4/c1-2-32-22(31)19-14-33-23(28-19)29-21(30)16-6-3-7-17(10-9-16)27-15-24(11-5-12-24)20-18(25)8-4-13-26-20/h4,6-10,13-14,27H,2-3,5,11-12,15H2,1H3,(H,28,29,30). The van der Waals surface area contributed by atoms with E-state index in [2.05, 4.69) is 20.6 Å². The molecule has 0 aromatic carbocycles. The molecular weight excluding hydrogens is 427 g/mol. The van der Waals surface area contributed by atoms with Crippen molar-refractivity contribution in [3.63, 3.8) is 0 Å². The van der Waals surface area contributed by atoms with Crippen LogP contribution in [0.25, 0.3) is 0 Å². The van der Waals surface area contributed by atoms with Crippen LogP contribution in [0.3, 0.4) is 0 Å². The lowest BCUT2D eigenvalue weighted by Gasteiger charge is -2.41. The van der Waals surface area contributed by atoms with Crippen LogP contribution < -0.4 is 10.6 Å². The van der Waals surface area contributed by atoms with Crippen molar-refractivity contribution in [1.82, 2.24) is 15.3 Å². The number of hydrogen-bond donors (Lipinski definition) is 2. The van der Waals surface area contributed by atoms with E-state index >= 15 is 0 Å². The van der Waals surface area contributed by atoms with Crippen LogP contribution in [0.5, 0.6) is 0 Å². The fourth-order valence-corrected chi connectivity index (χ4v) is 3.88. The first-order valence-corrected chi connectivity index (χ1v) is 10.9. The number of ether oxygens (including phenoxy) is 1. The van der Waals surface area contributed by atoms with Gasteiger partial charge in [0.05, 0.1) is 12.3 Å². The predicted molar refractivity (Wildman–Crippen MR) is 119 cm³/mol. The summed E-state index contributed by atoms with van der Waals surface area (Å²) in [6, 6.07) is 2.96. The second-order valence-electron chi connectivity index (χ2n) is 7.92. The number of amides is 1. The van der Waals surface area contributed by atoms with E-state index in [-0.39, 0.29) is 29.5 Å². The van der Waals surface area contributed by atoms with E-state index in [9.17, 15) is 14.0 Å². The molecule has 0 spiro atoms. The highest BCUT2D eigenvalue weighted by Crippen LogP contribution is 2.43. The van der Waals surface area contributed by atoms with Crippen molar-refractivity contribution in [2.75, 3.05) is 18.5 Å². The number of aromatic nitrogens is 2. The third-order valence-electron chi connectivity index (χ3n) is 5.79. The first-order chi connectivity index (χ1) is 16.0. The number of carbonyl (C=O) groups is 2. The van der Waals surface area contributed by atoms with E-state index in [0.29, 0.717) is 24.2 Å². The second kappa shape index (κ2) is 9.81. The Hall–Kier alpha value is -3.75. The fraction of sp³-hybridized carbons (Fsp3) is 0.333. The van der Waals surface area contributed by atoms with Crippen molar-refractivity contribution < 1.29 is 23.1 Å². The Morgan fingerprint density at radius 1 is 1.27 bits per heavy atom. The molecule has 4 rings (SSSR count). The molecule has 0 aliphatic heterocycles. The van der Waals surface area contributed by atoms with Crippen LogP contribution >= 0.6 is 0 Å². The first-order valence-electron chi connectivity index (χ1n) is 10.9. The monoisotopic (exact) mass is 452 g/mol. The molecule has 2 N–H and O–H groups in total. The number of rotatable bonds is 8. The van der Waals surface area contributed by atoms with Gasteiger partial charge in [-0.25, -0.2) is 9.18 Å². The number of carbonyl (C=O) groups excluding carboxylic acids is 2. The summed E-state index contributed by atoms with van der Waals surface area (Å²) in [5, 5.41) is 5.92. The Morgan fingerprint density at radius 2 is 2.12 bits per heavy atom. The van der Waals surface area contributed by atoms with Crippen LogP contribution in [-0.4, -0.2) is 35.0 Å². The molecule has 2 aromatic rings. The van der Waals surface area contributed by atoms with E-state index in [1.807, 2.05) is 6.08 Å². The van der Waals surface area contributed by atoms with Crippen LogP contribution in [0.4, 0.5) is 10.4 Å². The van der Waals surface area contributed by atoms with E-state index < -0.39 is 11.9 Å². The molecule has 33 heavy (non-hydrogen) atoms. The molecule has 1 fully saturated rings. The molecule has 0 saturated heterocycles. The van der Waals surface area contributed by atoms with Gasteiger partial charge in [0.1, 0.15) is 12.1 Å². The maximum Gasteiger partial charge on any atom is 0.360 e. The highest BCUT2D eigenvalue weighted by Gasteiger charge is 2.41. The minimum atomic E-state index is -0.620. The van der Waals surface area contributed by atoms with Crippen LogP contribution in [0, 0.1) is 5.82 Å². The molecule has 1 saturated carbocycles. The SMILES string of the molecule is CCOC(=O)c1coc(NC(=O)C2=CCC=C(NCC3(c4ncccc4F)CCC3)C=C2)n1. The molecule has 8 nitrogen and oxygen atoms in total. The molecule has 0 bridgehead atoms. The van der Waals surface area contributed by atoms with E-state index in [0.717, 1.165) is 31.2 Å². The molecular formula is C24H25FN4O4. The van der Waals surface area contributed by atoms with Crippen molar-refractivity contribution in [3.05, 3.63) is 77.4 Å². The quantitative estimate of drug-likeness (QED) is 0.587. The van der Waals surface area contributed by atoms with E-state index in [1.165, 1.54) is 6.07 Å². The number of pyridine rings is 1. The van der Waals surface area contributed by atoms with Gasteiger partial charge in [-0.15, -0.1) is 0 Å². The molecule has 0 radical (unpaired) electrons. The number of nitrogens with one attached hydrogen (secondary N) is 2. The summed E-state index contributed by atoms with van der Waals surface area (Å²) in [7, 11) is 0. The third kappa shape index (κ3) is 5.02. The highest BCUT2D eigenvalue weighted by molar-refractivity contribution is 6.05. The number of esters is 1. The van der Waals surface area contributed by atoms with Gasteiger partial charge in [-0.1, -0.05) is 18.6 Å². The van der Waals surface area contributed by atoms with Crippen molar-refractivity contribution in [3.8, 4) is 0 Å². The number of nitrogens with zero attached hydrogens (tertiary/aromatic N) is 2. The largest absolute Gasteiger partial charge is 0.461 e. The van der Waals surface area contributed by atoms with Crippen molar-refractivity contribution in [1.29, 1.82) is 0 Å². The molecule has 0 atom stereocenters. The number of oxazole rings is 1. The molecule has 2 aliphatic carbocycles. The lowest BCUT2D eigenvalue weighted by molar-refractivity contribution is -0.112. The van der Waals surface area contributed by atoms with Crippen molar-refractivity contribution >= 4 is 17.9 Å². The summed E-state index contributed by atoms with van der Waals surface area (Å²) in [4.78, 5) is 32.5. The lowest BCUT2D eigenvalue weighted by Crippen LogP contribution is -2.44. The van der Waals surface area contributed by atoms with Crippen LogP contribution in [0.2, 0.25) is 0 Å².